The molecular weight excluding hydrogens is 400 g/mol. The summed E-state index contributed by atoms with van der Waals surface area (Å²) < 4.78 is 38.3. The number of nitrogens with one attached hydrogen (secondary N) is 1. The molecule has 1 aliphatic heterocycles. The zero-order valence-corrected chi connectivity index (χ0v) is 18.9. The smallest absolute Gasteiger partial charge is 0.240 e. The van der Waals surface area contributed by atoms with E-state index in [0.717, 1.165) is 62.4 Å². The van der Waals surface area contributed by atoms with Crippen LogP contribution in [0.15, 0.2) is 41.3 Å². The summed E-state index contributed by atoms with van der Waals surface area (Å²) in [5.41, 5.74) is 3.72. The van der Waals surface area contributed by atoms with Gasteiger partial charge in [0.05, 0.1) is 19.1 Å². The van der Waals surface area contributed by atoms with E-state index in [1.165, 1.54) is 11.1 Å². The van der Waals surface area contributed by atoms with E-state index in [-0.39, 0.29) is 0 Å². The second-order valence-electron chi connectivity index (χ2n) is 7.60. The molecule has 1 aliphatic rings. The molecule has 30 heavy (non-hydrogen) atoms. The molecule has 0 bridgehead atoms. The van der Waals surface area contributed by atoms with Crippen molar-refractivity contribution in [2.24, 2.45) is 0 Å². The largest absolute Gasteiger partial charge is 0.493 e. The molecule has 0 unspecified atom stereocenters. The lowest BCUT2D eigenvalue weighted by Gasteiger charge is -2.29. The second kappa shape index (κ2) is 10.3. The number of hydrogen-bond donors (Lipinski definition) is 1. The van der Waals surface area contributed by atoms with Crippen LogP contribution >= 0.6 is 0 Å². The van der Waals surface area contributed by atoms with Crippen LogP contribution in [0.4, 0.5) is 0 Å². The predicted octanol–water partition coefficient (Wildman–Crippen LogP) is 3.38. The van der Waals surface area contributed by atoms with E-state index in [4.69, 9.17) is 9.47 Å². The summed E-state index contributed by atoms with van der Waals surface area (Å²) in [7, 11) is -0.117. The normalized spacial score (nSPS) is 14.4. The monoisotopic (exact) mass is 432 g/mol. The first-order valence-corrected chi connectivity index (χ1v) is 12.0. The first-order chi connectivity index (χ1) is 14.5. The van der Waals surface area contributed by atoms with Crippen molar-refractivity contribution in [3.63, 3.8) is 0 Å². The molecular formula is C23H32N2O4S. The van der Waals surface area contributed by atoms with Gasteiger partial charge in [-0.05, 0) is 73.2 Å². The maximum atomic E-state index is 12.4. The Kier molecular flexibility index (Phi) is 7.75. The molecule has 1 heterocycles. The molecule has 2 aromatic carbocycles. The molecule has 0 spiro atoms. The molecule has 0 amide bonds. The van der Waals surface area contributed by atoms with E-state index in [1.54, 1.807) is 26.4 Å². The molecule has 0 radical (unpaired) electrons. The third-order valence-electron chi connectivity index (χ3n) is 5.63. The predicted molar refractivity (Wildman–Crippen MR) is 119 cm³/mol. The van der Waals surface area contributed by atoms with Crippen LogP contribution in [-0.2, 0) is 29.4 Å². The molecule has 3 rings (SSSR count). The number of unbranched alkanes of at least 4 members (excludes halogenated alkanes) is 1. The fraction of sp³-hybridized carbons (Fsp3) is 0.478. The van der Waals surface area contributed by atoms with Crippen LogP contribution in [0.3, 0.4) is 0 Å². The first-order valence-electron chi connectivity index (χ1n) is 10.5. The maximum Gasteiger partial charge on any atom is 0.240 e. The van der Waals surface area contributed by atoms with Gasteiger partial charge in [0.1, 0.15) is 0 Å². The van der Waals surface area contributed by atoms with Crippen LogP contribution in [0.5, 0.6) is 11.5 Å². The van der Waals surface area contributed by atoms with Gasteiger partial charge in [0, 0.05) is 19.6 Å². The van der Waals surface area contributed by atoms with Gasteiger partial charge >= 0.3 is 0 Å². The van der Waals surface area contributed by atoms with Gasteiger partial charge in [0.15, 0.2) is 11.5 Å². The fourth-order valence-electron chi connectivity index (χ4n) is 3.79. The lowest BCUT2D eigenvalue weighted by Crippen LogP contribution is -2.32. The molecule has 6 nitrogen and oxygen atoms in total. The van der Waals surface area contributed by atoms with Crippen molar-refractivity contribution in [3.8, 4) is 11.5 Å². The highest BCUT2D eigenvalue weighted by molar-refractivity contribution is 7.89. The van der Waals surface area contributed by atoms with Gasteiger partial charge in [-0.2, -0.15) is 0 Å². The molecule has 0 aromatic heterocycles. The summed E-state index contributed by atoms with van der Waals surface area (Å²) in [6.07, 6.45) is 3.63. The van der Waals surface area contributed by atoms with Crippen LogP contribution in [0, 0.1) is 0 Å². The highest BCUT2D eigenvalue weighted by Crippen LogP contribution is 2.33. The molecule has 0 saturated carbocycles. The zero-order chi connectivity index (χ0) is 21.6. The van der Waals surface area contributed by atoms with Gasteiger partial charge in [-0.15, -0.1) is 0 Å². The number of fused-ring (bicyclic) bond motifs is 1. The highest BCUT2D eigenvalue weighted by Gasteiger charge is 2.19. The van der Waals surface area contributed by atoms with E-state index >= 15 is 0 Å². The van der Waals surface area contributed by atoms with Crippen LogP contribution in [0.1, 0.15) is 36.5 Å². The molecule has 2 aromatic rings. The van der Waals surface area contributed by atoms with Crippen LogP contribution < -0.4 is 14.2 Å². The number of nitrogens with zero attached hydrogens (tertiary/aromatic N) is 1. The van der Waals surface area contributed by atoms with Crippen molar-refractivity contribution in [1.29, 1.82) is 0 Å². The number of hydrogen-bond acceptors (Lipinski definition) is 5. The van der Waals surface area contributed by atoms with Crippen molar-refractivity contribution in [3.05, 3.63) is 53.1 Å². The third kappa shape index (κ3) is 5.53. The van der Waals surface area contributed by atoms with Crippen LogP contribution in [0.25, 0.3) is 0 Å². The van der Waals surface area contributed by atoms with Gasteiger partial charge < -0.3 is 9.47 Å². The Bertz CT molecular complexity index is 942. The Morgan fingerprint density at radius 2 is 1.67 bits per heavy atom. The summed E-state index contributed by atoms with van der Waals surface area (Å²) >= 11 is 0. The van der Waals surface area contributed by atoms with Gasteiger partial charge in [-0.1, -0.05) is 19.1 Å². The lowest BCUT2D eigenvalue weighted by molar-refractivity contribution is 0.248. The minimum atomic E-state index is -3.43. The minimum absolute atomic E-state index is 0.330. The topological polar surface area (TPSA) is 67.9 Å². The van der Waals surface area contributed by atoms with Gasteiger partial charge in [-0.3, -0.25) is 4.90 Å². The van der Waals surface area contributed by atoms with E-state index < -0.39 is 10.0 Å². The number of aryl methyl sites for hydroxylation is 1. The number of rotatable bonds is 10. The fourth-order valence-corrected chi connectivity index (χ4v) is 4.86. The average molecular weight is 433 g/mol. The van der Waals surface area contributed by atoms with Crippen molar-refractivity contribution in [2.75, 3.05) is 33.9 Å². The molecule has 0 atom stereocenters. The SMILES string of the molecule is CCc1ccc(S(=O)(=O)NCCCCN2CCc3cc(OC)c(OC)cc3C2)cc1. The van der Waals surface area contributed by atoms with Gasteiger partial charge in [-0.25, -0.2) is 13.1 Å². The summed E-state index contributed by atoms with van der Waals surface area (Å²) in [5.74, 6) is 1.54. The summed E-state index contributed by atoms with van der Waals surface area (Å²) in [5, 5.41) is 0. The maximum absolute atomic E-state index is 12.4. The molecule has 7 heteroatoms. The zero-order valence-electron chi connectivity index (χ0n) is 18.1. The lowest BCUT2D eigenvalue weighted by atomic mass is 9.98. The molecule has 0 saturated heterocycles. The van der Waals surface area contributed by atoms with E-state index in [2.05, 4.69) is 28.7 Å². The van der Waals surface area contributed by atoms with Crippen molar-refractivity contribution in [2.45, 2.75) is 44.0 Å². The minimum Gasteiger partial charge on any atom is -0.493 e. The molecule has 0 fully saturated rings. The van der Waals surface area contributed by atoms with E-state index in [0.29, 0.717) is 11.4 Å². The standard InChI is InChI=1S/C23H32N2O4S/c1-4-18-7-9-21(10-8-18)30(26,27)24-12-5-6-13-25-14-11-19-15-22(28-2)23(29-3)16-20(19)17-25/h7-10,15-16,24H,4-6,11-14,17H2,1-3H3. The Hall–Kier alpha value is -2.09. The Morgan fingerprint density at radius 3 is 2.30 bits per heavy atom. The molecule has 0 aliphatic carbocycles. The summed E-state index contributed by atoms with van der Waals surface area (Å²) in [6.45, 7) is 5.33. The highest BCUT2D eigenvalue weighted by atomic mass is 32.2. The van der Waals surface area contributed by atoms with Crippen LogP contribution in [-0.4, -0.2) is 47.2 Å². The number of benzene rings is 2. The second-order valence-corrected chi connectivity index (χ2v) is 9.37. The number of methoxy groups -OCH3 is 2. The quantitative estimate of drug-likeness (QED) is 0.583. The van der Waals surface area contributed by atoms with Crippen molar-refractivity contribution < 1.29 is 17.9 Å². The van der Waals surface area contributed by atoms with E-state index in [9.17, 15) is 8.42 Å². The number of ether oxygens (including phenoxy) is 2. The summed E-state index contributed by atoms with van der Waals surface area (Å²) in [6, 6.07) is 11.2. The van der Waals surface area contributed by atoms with Crippen molar-refractivity contribution in [1.82, 2.24) is 9.62 Å². The Morgan fingerprint density at radius 1 is 1.00 bits per heavy atom. The Labute approximate surface area is 180 Å². The average Bonchev–Trinajstić information content (AvgIpc) is 2.77. The van der Waals surface area contributed by atoms with Crippen molar-refractivity contribution >= 4 is 10.0 Å². The van der Waals surface area contributed by atoms with Gasteiger partial charge in [0.25, 0.3) is 0 Å². The van der Waals surface area contributed by atoms with Gasteiger partial charge in [0.2, 0.25) is 10.0 Å². The number of sulfonamides is 1. The first kappa shape index (κ1) is 22.6. The molecule has 1 N–H and O–H groups in total. The van der Waals surface area contributed by atoms with E-state index in [1.807, 2.05) is 12.1 Å². The third-order valence-corrected chi connectivity index (χ3v) is 7.11. The van der Waals surface area contributed by atoms with Crippen LogP contribution in [0.2, 0.25) is 0 Å². The summed E-state index contributed by atoms with van der Waals surface area (Å²) in [4.78, 5) is 2.74. The Balaban J connectivity index is 1.45. The molecule has 164 valence electrons.